The summed E-state index contributed by atoms with van der Waals surface area (Å²) in [5, 5.41) is 0. The van der Waals surface area contributed by atoms with Crippen molar-refractivity contribution in [2.45, 2.75) is 57.7 Å². The first-order valence-electron chi connectivity index (χ1n) is 7.31. The molecule has 6 heteroatoms. The molecule has 114 valence electrons. The number of nitrogens with two attached hydrogens (primary N) is 1. The summed E-state index contributed by atoms with van der Waals surface area (Å²) in [4.78, 5) is 27.6. The van der Waals surface area contributed by atoms with Gasteiger partial charge >= 0.3 is 6.09 Å². The van der Waals surface area contributed by atoms with Crippen molar-refractivity contribution in [2.75, 3.05) is 19.6 Å². The smallest absolute Gasteiger partial charge is 0.410 e. The summed E-state index contributed by atoms with van der Waals surface area (Å²) < 4.78 is 5.37. The third-order valence-corrected chi connectivity index (χ3v) is 3.61. The third kappa shape index (κ3) is 3.62. The van der Waals surface area contributed by atoms with Crippen LogP contribution in [0.15, 0.2) is 0 Å². The second kappa shape index (κ2) is 5.60. The first kappa shape index (κ1) is 15.1. The van der Waals surface area contributed by atoms with Gasteiger partial charge in [0.2, 0.25) is 5.91 Å². The van der Waals surface area contributed by atoms with Crippen LogP contribution in [0, 0.1) is 0 Å². The highest BCUT2D eigenvalue weighted by molar-refractivity contribution is 5.79. The van der Waals surface area contributed by atoms with Crippen molar-refractivity contribution in [3.63, 3.8) is 0 Å². The molecule has 2 aliphatic rings. The highest BCUT2D eigenvalue weighted by Crippen LogP contribution is 2.31. The monoisotopic (exact) mass is 283 g/mol. The van der Waals surface area contributed by atoms with Gasteiger partial charge in [-0.3, -0.25) is 4.79 Å². The fourth-order valence-electron chi connectivity index (χ4n) is 2.62. The third-order valence-electron chi connectivity index (χ3n) is 3.61. The molecule has 2 amide bonds. The van der Waals surface area contributed by atoms with Gasteiger partial charge in [-0.2, -0.15) is 0 Å². The van der Waals surface area contributed by atoms with Crippen LogP contribution in [0.1, 0.15) is 40.0 Å². The van der Waals surface area contributed by atoms with E-state index in [0.717, 1.165) is 19.3 Å². The van der Waals surface area contributed by atoms with Gasteiger partial charge in [0.15, 0.2) is 0 Å². The minimum atomic E-state index is -0.488. The van der Waals surface area contributed by atoms with Gasteiger partial charge in [0, 0.05) is 19.1 Å². The predicted octanol–water partition coefficient (Wildman–Crippen LogP) is 0.946. The van der Waals surface area contributed by atoms with Crippen LogP contribution in [0.25, 0.3) is 0 Å². The number of ether oxygens (including phenoxy) is 1. The molecule has 2 N–H and O–H groups in total. The Morgan fingerprint density at radius 2 is 1.90 bits per heavy atom. The summed E-state index contributed by atoms with van der Waals surface area (Å²) >= 11 is 0. The molecular formula is C14H25N3O3. The highest BCUT2D eigenvalue weighted by Gasteiger charge is 2.41. The molecule has 0 spiro atoms. The van der Waals surface area contributed by atoms with Crippen molar-refractivity contribution in [1.29, 1.82) is 0 Å². The van der Waals surface area contributed by atoms with E-state index in [-0.39, 0.29) is 24.6 Å². The number of amides is 2. The van der Waals surface area contributed by atoms with Gasteiger partial charge in [-0.05, 0) is 40.0 Å². The van der Waals surface area contributed by atoms with Crippen LogP contribution >= 0.6 is 0 Å². The number of rotatable bonds is 3. The van der Waals surface area contributed by atoms with Gasteiger partial charge in [0.05, 0.1) is 12.6 Å². The number of hydrogen-bond donors (Lipinski definition) is 1. The fraction of sp³-hybridized carbons (Fsp3) is 0.857. The van der Waals surface area contributed by atoms with E-state index in [1.54, 1.807) is 4.90 Å². The summed E-state index contributed by atoms with van der Waals surface area (Å²) in [7, 11) is 0. The standard InChI is InChI=1S/C14H25N3O3/c1-14(2,3)20-13(19)16-7-6-11(9-16)17(10-4-5-10)12(18)8-15/h10-11H,4-9,15H2,1-3H3/t11-/m1/s1. The van der Waals surface area contributed by atoms with Crippen LogP contribution in [0.4, 0.5) is 4.79 Å². The van der Waals surface area contributed by atoms with E-state index in [2.05, 4.69) is 0 Å². The van der Waals surface area contributed by atoms with Crippen LogP contribution in [-0.2, 0) is 9.53 Å². The zero-order valence-corrected chi connectivity index (χ0v) is 12.6. The second-order valence-electron chi connectivity index (χ2n) is 6.61. The van der Waals surface area contributed by atoms with Crippen molar-refractivity contribution in [2.24, 2.45) is 5.73 Å². The number of carbonyl (C=O) groups is 2. The molecule has 6 nitrogen and oxygen atoms in total. The molecule has 2 rings (SSSR count). The predicted molar refractivity (Wildman–Crippen MR) is 75.1 cm³/mol. The van der Waals surface area contributed by atoms with Gasteiger partial charge in [-0.1, -0.05) is 0 Å². The molecule has 1 saturated carbocycles. The SMILES string of the molecule is CC(C)(C)OC(=O)N1CC[C@@H](N(C(=O)CN)C2CC2)C1. The van der Waals surface area contributed by atoms with Gasteiger partial charge in [0.1, 0.15) is 5.60 Å². The quantitative estimate of drug-likeness (QED) is 0.836. The molecule has 0 aromatic carbocycles. The highest BCUT2D eigenvalue weighted by atomic mass is 16.6. The van der Waals surface area contributed by atoms with E-state index in [1.807, 2.05) is 25.7 Å². The lowest BCUT2D eigenvalue weighted by molar-refractivity contribution is -0.132. The summed E-state index contributed by atoms with van der Waals surface area (Å²) in [6.07, 6.45) is 2.61. The largest absolute Gasteiger partial charge is 0.444 e. The maximum atomic E-state index is 12.0. The lowest BCUT2D eigenvalue weighted by Crippen LogP contribution is -2.47. The number of likely N-dealkylation sites (tertiary alicyclic amines) is 1. The van der Waals surface area contributed by atoms with E-state index in [4.69, 9.17) is 10.5 Å². The zero-order valence-electron chi connectivity index (χ0n) is 12.6. The van der Waals surface area contributed by atoms with Crippen molar-refractivity contribution in [3.05, 3.63) is 0 Å². The Balaban J connectivity index is 1.93. The Morgan fingerprint density at radius 1 is 1.25 bits per heavy atom. The van der Waals surface area contributed by atoms with Crippen LogP contribution in [0.2, 0.25) is 0 Å². The van der Waals surface area contributed by atoms with E-state index >= 15 is 0 Å². The van der Waals surface area contributed by atoms with E-state index in [1.165, 1.54) is 0 Å². The number of hydrogen-bond acceptors (Lipinski definition) is 4. The van der Waals surface area contributed by atoms with Crippen LogP contribution in [-0.4, -0.2) is 59.1 Å². The molecule has 1 heterocycles. The summed E-state index contributed by atoms with van der Waals surface area (Å²) in [6.45, 7) is 6.80. The topological polar surface area (TPSA) is 75.9 Å². The lowest BCUT2D eigenvalue weighted by Gasteiger charge is -2.29. The zero-order chi connectivity index (χ0) is 14.9. The maximum absolute atomic E-state index is 12.0. The number of carbonyl (C=O) groups excluding carboxylic acids is 2. The Labute approximate surface area is 120 Å². The van der Waals surface area contributed by atoms with Crippen molar-refractivity contribution in [3.8, 4) is 0 Å². The van der Waals surface area contributed by atoms with E-state index in [0.29, 0.717) is 19.1 Å². The molecule has 0 aromatic rings. The fourth-order valence-corrected chi connectivity index (χ4v) is 2.62. The Morgan fingerprint density at radius 3 is 2.40 bits per heavy atom. The van der Waals surface area contributed by atoms with Crippen LogP contribution in [0.5, 0.6) is 0 Å². The van der Waals surface area contributed by atoms with Crippen molar-refractivity contribution < 1.29 is 14.3 Å². The van der Waals surface area contributed by atoms with Crippen molar-refractivity contribution >= 4 is 12.0 Å². The van der Waals surface area contributed by atoms with Crippen LogP contribution in [0.3, 0.4) is 0 Å². The van der Waals surface area contributed by atoms with Gasteiger partial charge in [-0.15, -0.1) is 0 Å². The van der Waals surface area contributed by atoms with Crippen LogP contribution < -0.4 is 5.73 Å². The van der Waals surface area contributed by atoms with E-state index in [9.17, 15) is 9.59 Å². The maximum Gasteiger partial charge on any atom is 0.410 e. The average molecular weight is 283 g/mol. The molecule has 2 fully saturated rings. The normalized spacial score (nSPS) is 22.8. The molecule has 20 heavy (non-hydrogen) atoms. The molecule has 1 atom stereocenters. The molecule has 1 aliphatic carbocycles. The van der Waals surface area contributed by atoms with Crippen molar-refractivity contribution in [1.82, 2.24) is 9.80 Å². The molecule has 0 bridgehead atoms. The summed E-state index contributed by atoms with van der Waals surface area (Å²) in [5.74, 6) is -0.0106. The first-order chi connectivity index (χ1) is 9.31. The van der Waals surface area contributed by atoms with Gasteiger partial charge < -0.3 is 20.3 Å². The van der Waals surface area contributed by atoms with Gasteiger partial charge in [0.25, 0.3) is 0 Å². The van der Waals surface area contributed by atoms with E-state index < -0.39 is 5.60 Å². The first-order valence-corrected chi connectivity index (χ1v) is 7.31. The minimum absolute atomic E-state index is 0.0106. The molecular weight excluding hydrogens is 258 g/mol. The molecule has 0 unspecified atom stereocenters. The Bertz CT molecular complexity index is 388. The lowest BCUT2D eigenvalue weighted by atomic mass is 10.2. The molecule has 0 radical (unpaired) electrons. The Hall–Kier alpha value is -1.30. The Kier molecular flexibility index (Phi) is 4.22. The number of nitrogens with zero attached hydrogens (tertiary/aromatic N) is 2. The summed E-state index contributed by atoms with van der Waals surface area (Å²) in [6, 6.07) is 0.417. The molecule has 1 aliphatic heterocycles. The molecule has 0 aromatic heterocycles. The second-order valence-corrected chi connectivity index (χ2v) is 6.61. The summed E-state index contributed by atoms with van der Waals surface area (Å²) in [5.41, 5.74) is 5.00. The minimum Gasteiger partial charge on any atom is -0.444 e. The van der Waals surface area contributed by atoms with Gasteiger partial charge in [-0.25, -0.2) is 4.79 Å². The average Bonchev–Trinajstić information content (AvgIpc) is 3.03. The molecule has 1 saturated heterocycles.